The van der Waals surface area contributed by atoms with Gasteiger partial charge in [0.05, 0.1) is 7.11 Å². The Kier molecular flexibility index (Phi) is 5.40. The van der Waals surface area contributed by atoms with E-state index in [0.717, 1.165) is 49.0 Å². The van der Waals surface area contributed by atoms with Crippen molar-refractivity contribution in [1.29, 1.82) is 0 Å². The lowest BCUT2D eigenvalue weighted by Crippen LogP contribution is -2.46. The molecule has 2 saturated heterocycles. The molecule has 0 aliphatic carbocycles. The number of pyridine rings is 1. The second kappa shape index (κ2) is 8.49. The summed E-state index contributed by atoms with van der Waals surface area (Å²) in [5.74, 6) is 2.59. The van der Waals surface area contributed by atoms with E-state index in [0.29, 0.717) is 18.1 Å². The summed E-state index contributed by atoms with van der Waals surface area (Å²) in [5, 5.41) is 4.16. The number of aryl methyl sites for hydroxylation is 1. The minimum atomic E-state index is 0.214. The van der Waals surface area contributed by atoms with Gasteiger partial charge in [-0.1, -0.05) is 17.3 Å². The molecular formula is C24H26N4O3. The highest BCUT2D eigenvalue weighted by Gasteiger charge is 2.44. The van der Waals surface area contributed by atoms with Crippen molar-refractivity contribution in [2.24, 2.45) is 0 Å². The van der Waals surface area contributed by atoms with Crippen LogP contribution in [0.15, 0.2) is 53.3 Å². The van der Waals surface area contributed by atoms with Gasteiger partial charge in [-0.15, -0.1) is 0 Å². The van der Waals surface area contributed by atoms with Crippen molar-refractivity contribution in [3.63, 3.8) is 0 Å². The molecule has 0 saturated carbocycles. The van der Waals surface area contributed by atoms with Crippen LogP contribution in [-0.4, -0.2) is 45.1 Å². The average Bonchev–Trinajstić information content (AvgIpc) is 3.41. The van der Waals surface area contributed by atoms with Crippen molar-refractivity contribution in [3.05, 3.63) is 60.2 Å². The van der Waals surface area contributed by atoms with Crippen LogP contribution in [0.1, 0.15) is 49.5 Å². The standard InChI is InChI=1S/C24H26N4O3/c1-30-21-7-2-16(3-8-21)4-9-22(29)28-19-5-6-20(28)15-18(14-19)24-26-23(27-31-24)17-10-12-25-13-11-17/h2-3,7-8,10-13,18-20H,4-6,9,14-15H2,1H3/t18?,19-,20+. The van der Waals surface area contributed by atoms with Crippen LogP contribution >= 0.6 is 0 Å². The van der Waals surface area contributed by atoms with E-state index in [4.69, 9.17) is 9.26 Å². The number of hydrogen-bond acceptors (Lipinski definition) is 6. The number of piperidine rings is 1. The Labute approximate surface area is 181 Å². The number of fused-ring (bicyclic) bond motifs is 2. The van der Waals surface area contributed by atoms with E-state index in [-0.39, 0.29) is 23.9 Å². The summed E-state index contributed by atoms with van der Waals surface area (Å²) in [7, 11) is 1.66. The molecule has 1 amide bonds. The predicted molar refractivity (Wildman–Crippen MR) is 114 cm³/mol. The number of methoxy groups -OCH3 is 1. The number of amides is 1. The molecule has 0 spiro atoms. The maximum absolute atomic E-state index is 13.0. The maximum Gasteiger partial charge on any atom is 0.230 e. The summed E-state index contributed by atoms with van der Waals surface area (Å²) in [6.07, 6.45) is 8.63. The number of hydrogen-bond donors (Lipinski definition) is 0. The first-order valence-electron chi connectivity index (χ1n) is 10.9. The summed E-state index contributed by atoms with van der Waals surface area (Å²) < 4.78 is 10.8. The van der Waals surface area contributed by atoms with Gasteiger partial charge in [-0.3, -0.25) is 9.78 Å². The Morgan fingerprint density at radius 3 is 2.48 bits per heavy atom. The van der Waals surface area contributed by atoms with Crippen LogP contribution in [0, 0.1) is 0 Å². The Morgan fingerprint density at radius 2 is 1.81 bits per heavy atom. The SMILES string of the molecule is COc1ccc(CCC(=O)N2[C@@H]3CC[C@H]2CC(c2nc(-c4ccncc4)no2)C3)cc1. The van der Waals surface area contributed by atoms with E-state index in [9.17, 15) is 4.79 Å². The Bertz CT molecular complexity index is 1020. The Balaban J connectivity index is 1.21. The quantitative estimate of drug-likeness (QED) is 0.602. The van der Waals surface area contributed by atoms with Crippen molar-refractivity contribution in [2.75, 3.05) is 7.11 Å². The second-order valence-electron chi connectivity index (χ2n) is 8.39. The highest BCUT2D eigenvalue weighted by molar-refractivity contribution is 5.77. The van der Waals surface area contributed by atoms with Crippen LogP contribution in [0.5, 0.6) is 5.75 Å². The molecule has 31 heavy (non-hydrogen) atoms. The first-order chi connectivity index (χ1) is 15.2. The second-order valence-corrected chi connectivity index (χ2v) is 8.39. The van der Waals surface area contributed by atoms with E-state index >= 15 is 0 Å². The molecule has 7 heteroatoms. The fraction of sp³-hybridized carbons (Fsp3) is 0.417. The minimum absolute atomic E-state index is 0.214. The summed E-state index contributed by atoms with van der Waals surface area (Å²) in [5.41, 5.74) is 2.06. The van der Waals surface area contributed by atoms with Crippen LogP contribution in [0.4, 0.5) is 0 Å². The van der Waals surface area contributed by atoms with Gasteiger partial charge in [0.25, 0.3) is 0 Å². The number of carbonyl (C=O) groups excluding carboxylic acids is 1. The first-order valence-corrected chi connectivity index (χ1v) is 10.9. The molecule has 3 atom stereocenters. The maximum atomic E-state index is 13.0. The van der Waals surface area contributed by atoms with Gasteiger partial charge in [-0.2, -0.15) is 4.98 Å². The van der Waals surface area contributed by atoms with Gasteiger partial charge in [0.15, 0.2) is 0 Å². The first kappa shape index (κ1) is 19.7. The molecule has 2 aliphatic heterocycles. The lowest BCUT2D eigenvalue weighted by molar-refractivity contribution is -0.135. The fourth-order valence-corrected chi connectivity index (χ4v) is 4.98. The van der Waals surface area contributed by atoms with Crippen LogP contribution in [0.2, 0.25) is 0 Å². The molecule has 0 N–H and O–H groups in total. The van der Waals surface area contributed by atoms with Crippen molar-refractivity contribution in [3.8, 4) is 17.1 Å². The smallest absolute Gasteiger partial charge is 0.230 e. The van der Waals surface area contributed by atoms with E-state index in [2.05, 4.69) is 20.0 Å². The highest BCUT2D eigenvalue weighted by atomic mass is 16.5. The Morgan fingerprint density at radius 1 is 1.10 bits per heavy atom. The Hall–Kier alpha value is -3.22. The molecule has 0 radical (unpaired) electrons. The number of rotatable bonds is 6. The number of carbonyl (C=O) groups is 1. The summed E-state index contributed by atoms with van der Waals surface area (Å²) in [6, 6.07) is 12.2. The molecule has 2 aliphatic rings. The van der Waals surface area contributed by atoms with Crippen molar-refractivity contribution in [1.82, 2.24) is 20.0 Å². The van der Waals surface area contributed by atoms with Crippen LogP contribution in [0.3, 0.4) is 0 Å². The third-order valence-corrected chi connectivity index (χ3v) is 6.54. The molecule has 1 unspecified atom stereocenters. The van der Waals surface area contributed by atoms with E-state index in [1.807, 2.05) is 36.4 Å². The molecule has 4 heterocycles. The summed E-state index contributed by atoms with van der Waals surface area (Å²) in [6.45, 7) is 0. The fourth-order valence-electron chi connectivity index (χ4n) is 4.98. The minimum Gasteiger partial charge on any atom is -0.497 e. The summed E-state index contributed by atoms with van der Waals surface area (Å²) >= 11 is 0. The molecule has 2 aromatic heterocycles. The number of nitrogens with zero attached hydrogens (tertiary/aromatic N) is 4. The highest BCUT2D eigenvalue weighted by Crippen LogP contribution is 2.43. The zero-order valence-electron chi connectivity index (χ0n) is 17.6. The summed E-state index contributed by atoms with van der Waals surface area (Å²) in [4.78, 5) is 23.8. The van der Waals surface area contributed by atoms with E-state index in [1.165, 1.54) is 0 Å². The lowest BCUT2D eigenvalue weighted by atomic mass is 9.90. The molecule has 2 fully saturated rings. The molecule has 2 bridgehead atoms. The zero-order chi connectivity index (χ0) is 21.2. The number of aromatic nitrogens is 3. The molecule has 3 aromatic rings. The van der Waals surface area contributed by atoms with Crippen LogP contribution in [-0.2, 0) is 11.2 Å². The predicted octanol–water partition coefficient (Wildman–Crippen LogP) is 4.01. The van der Waals surface area contributed by atoms with Gasteiger partial charge in [0.1, 0.15) is 5.75 Å². The molecular weight excluding hydrogens is 392 g/mol. The van der Waals surface area contributed by atoms with Gasteiger partial charge in [-0.25, -0.2) is 0 Å². The van der Waals surface area contributed by atoms with Crippen molar-refractivity contribution < 1.29 is 14.1 Å². The average molecular weight is 418 g/mol. The monoisotopic (exact) mass is 418 g/mol. The molecule has 160 valence electrons. The van der Waals surface area contributed by atoms with Gasteiger partial charge < -0.3 is 14.2 Å². The third-order valence-electron chi connectivity index (χ3n) is 6.54. The molecule has 5 rings (SSSR count). The van der Waals surface area contributed by atoms with Gasteiger partial charge >= 0.3 is 0 Å². The lowest BCUT2D eigenvalue weighted by Gasteiger charge is -2.38. The van der Waals surface area contributed by atoms with Crippen molar-refractivity contribution in [2.45, 2.75) is 56.5 Å². The van der Waals surface area contributed by atoms with E-state index < -0.39 is 0 Å². The number of benzene rings is 1. The van der Waals surface area contributed by atoms with Gasteiger partial charge in [0, 0.05) is 42.4 Å². The zero-order valence-corrected chi connectivity index (χ0v) is 17.6. The molecule has 1 aromatic carbocycles. The topological polar surface area (TPSA) is 81.4 Å². The van der Waals surface area contributed by atoms with Crippen molar-refractivity contribution >= 4 is 5.91 Å². The van der Waals surface area contributed by atoms with Gasteiger partial charge in [0.2, 0.25) is 17.6 Å². The van der Waals surface area contributed by atoms with Gasteiger partial charge in [-0.05, 0) is 61.9 Å². The molecule has 7 nitrogen and oxygen atoms in total. The number of ether oxygens (including phenoxy) is 1. The van der Waals surface area contributed by atoms with E-state index in [1.54, 1.807) is 19.5 Å². The normalized spacial score (nSPS) is 22.5. The van der Waals surface area contributed by atoms with Crippen LogP contribution in [0.25, 0.3) is 11.4 Å². The largest absolute Gasteiger partial charge is 0.497 e. The third kappa shape index (κ3) is 4.04. The van der Waals surface area contributed by atoms with Crippen LogP contribution < -0.4 is 4.74 Å².